The minimum Gasteiger partial charge on any atom is -0.382 e. The quantitative estimate of drug-likeness (QED) is 0.867. The SMILES string of the molecule is CC(=O)Nc1cc(NC(C)CC(=O)N2CCCCCC2)ccc1C. The Morgan fingerprint density at radius 2 is 1.83 bits per heavy atom. The molecule has 1 unspecified atom stereocenters. The van der Waals surface area contributed by atoms with Gasteiger partial charge in [0.1, 0.15) is 0 Å². The molecule has 0 spiro atoms. The Bertz CT molecular complexity index is 578. The van der Waals surface area contributed by atoms with Crippen molar-refractivity contribution in [2.75, 3.05) is 23.7 Å². The van der Waals surface area contributed by atoms with Gasteiger partial charge in [-0.25, -0.2) is 0 Å². The second-order valence-corrected chi connectivity index (χ2v) is 6.76. The summed E-state index contributed by atoms with van der Waals surface area (Å²) in [6.07, 6.45) is 5.18. The number of likely N-dealkylation sites (tertiary alicyclic amines) is 1. The van der Waals surface area contributed by atoms with Gasteiger partial charge in [-0.1, -0.05) is 18.9 Å². The van der Waals surface area contributed by atoms with E-state index in [1.807, 2.05) is 36.9 Å². The number of nitrogens with zero attached hydrogens (tertiary/aromatic N) is 1. The highest BCUT2D eigenvalue weighted by molar-refractivity contribution is 5.90. The van der Waals surface area contributed by atoms with Crippen molar-refractivity contribution in [3.8, 4) is 0 Å². The van der Waals surface area contributed by atoms with Crippen molar-refractivity contribution in [1.82, 2.24) is 4.90 Å². The molecule has 132 valence electrons. The van der Waals surface area contributed by atoms with Crippen molar-refractivity contribution < 1.29 is 9.59 Å². The molecular weight excluding hydrogens is 302 g/mol. The Kier molecular flexibility index (Phi) is 6.64. The summed E-state index contributed by atoms with van der Waals surface area (Å²) in [5, 5.41) is 6.20. The number of hydrogen-bond donors (Lipinski definition) is 2. The fourth-order valence-corrected chi connectivity index (χ4v) is 3.08. The van der Waals surface area contributed by atoms with Gasteiger partial charge >= 0.3 is 0 Å². The van der Waals surface area contributed by atoms with Crippen molar-refractivity contribution in [2.24, 2.45) is 0 Å². The zero-order valence-corrected chi connectivity index (χ0v) is 15.0. The van der Waals surface area contributed by atoms with Crippen LogP contribution in [0.25, 0.3) is 0 Å². The number of amides is 2. The number of benzene rings is 1. The molecule has 1 aromatic rings. The van der Waals surface area contributed by atoms with Crippen LogP contribution in [0.5, 0.6) is 0 Å². The molecule has 1 aliphatic heterocycles. The topological polar surface area (TPSA) is 61.4 Å². The lowest BCUT2D eigenvalue weighted by atomic mass is 10.1. The third kappa shape index (κ3) is 5.55. The first-order chi connectivity index (χ1) is 11.5. The highest BCUT2D eigenvalue weighted by atomic mass is 16.2. The molecule has 1 fully saturated rings. The van der Waals surface area contributed by atoms with E-state index >= 15 is 0 Å². The van der Waals surface area contributed by atoms with Crippen LogP contribution < -0.4 is 10.6 Å². The third-order valence-electron chi connectivity index (χ3n) is 4.40. The minimum atomic E-state index is -0.0837. The third-order valence-corrected chi connectivity index (χ3v) is 4.40. The summed E-state index contributed by atoms with van der Waals surface area (Å²) in [6.45, 7) is 7.27. The highest BCUT2D eigenvalue weighted by Crippen LogP contribution is 2.21. The van der Waals surface area contributed by atoms with Crippen LogP contribution in [-0.4, -0.2) is 35.8 Å². The zero-order chi connectivity index (χ0) is 17.5. The number of nitrogens with one attached hydrogen (secondary N) is 2. The van der Waals surface area contributed by atoms with Gasteiger partial charge in [0.05, 0.1) is 0 Å². The molecule has 0 bridgehead atoms. The van der Waals surface area contributed by atoms with Gasteiger partial charge < -0.3 is 15.5 Å². The Balaban J connectivity index is 1.92. The van der Waals surface area contributed by atoms with Crippen LogP contribution in [0.3, 0.4) is 0 Å². The van der Waals surface area contributed by atoms with Gasteiger partial charge in [0.25, 0.3) is 0 Å². The number of rotatable bonds is 5. The molecule has 5 nitrogen and oxygen atoms in total. The van der Waals surface area contributed by atoms with Crippen LogP contribution in [0.4, 0.5) is 11.4 Å². The molecule has 5 heteroatoms. The fraction of sp³-hybridized carbons (Fsp3) is 0.579. The minimum absolute atomic E-state index is 0.0497. The standard InChI is InChI=1S/C19H29N3O2/c1-14-8-9-17(13-18(14)21-16(3)23)20-15(2)12-19(24)22-10-6-4-5-7-11-22/h8-9,13,15,20H,4-7,10-12H2,1-3H3,(H,21,23). The fourth-order valence-electron chi connectivity index (χ4n) is 3.08. The second kappa shape index (κ2) is 8.71. The molecule has 1 aromatic carbocycles. The number of carbonyl (C=O) groups excluding carboxylic acids is 2. The summed E-state index contributed by atoms with van der Waals surface area (Å²) >= 11 is 0. The van der Waals surface area contributed by atoms with Crippen molar-refractivity contribution in [2.45, 2.75) is 58.9 Å². The van der Waals surface area contributed by atoms with Gasteiger partial charge in [-0.2, -0.15) is 0 Å². The lowest BCUT2D eigenvalue weighted by molar-refractivity contribution is -0.131. The molecule has 1 atom stereocenters. The summed E-state index contributed by atoms with van der Waals surface area (Å²) in [4.78, 5) is 25.7. The zero-order valence-electron chi connectivity index (χ0n) is 15.0. The van der Waals surface area contributed by atoms with Crippen molar-refractivity contribution in [3.05, 3.63) is 23.8 Å². The first-order valence-electron chi connectivity index (χ1n) is 8.88. The lowest BCUT2D eigenvalue weighted by Gasteiger charge is -2.23. The molecule has 24 heavy (non-hydrogen) atoms. The summed E-state index contributed by atoms with van der Waals surface area (Å²) in [5.74, 6) is 0.144. The summed E-state index contributed by atoms with van der Waals surface area (Å²) in [5.41, 5.74) is 2.74. The largest absolute Gasteiger partial charge is 0.382 e. The van der Waals surface area contributed by atoms with Crippen LogP contribution >= 0.6 is 0 Å². The summed E-state index contributed by atoms with van der Waals surface area (Å²) < 4.78 is 0. The Morgan fingerprint density at radius 1 is 1.17 bits per heavy atom. The monoisotopic (exact) mass is 331 g/mol. The molecule has 2 amide bonds. The maximum absolute atomic E-state index is 12.4. The van der Waals surface area contributed by atoms with Gasteiger partial charge in [0.2, 0.25) is 11.8 Å². The molecule has 0 radical (unpaired) electrons. The number of hydrogen-bond acceptors (Lipinski definition) is 3. The van der Waals surface area contributed by atoms with Gasteiger partial charge in [-0.05, 0) is 44.4 Å². The van der Waals surface area contributed by atoms with E-state index in [0.717, 1.165) is 42.9 Å². The van der Waals surface area contributed by atoms with Crippen LogP contribution in [0.15, 0.2) is 18.2 Å². The van der Waals surface area contributed by atoms with Crippen molar-refractivity contribution >= 4 is 23.2 Å². The molecule has 0 aliphatic carbocycles. The van der Waals surface area contributed by atoms with E-state index in [4.69, 9.17) is 0 Å². The molecule has 0 aromatic heterocycles. The average Bonchev–Trinajstić information content (AvgIpc) is 2.79. The summed E-state index contributed by atoms with van der Waals surface area (Å²) in [6, 6.07) is 5.92. The molecule has 1 heterocycles. The Hall–Kier alpha value is -2.04. The van der Waals surface area contributed by atoms with Gasteiger partial charge in [-0.15, -0.1) is 0 Å². The summed E-state index contributed by atoms with van der Waals surface area (Å²) in [7, 11) is 0. The number of anilines is 2. The van der Waals surface area contributed by atoms with Gasteiger partial charge in [0.15, 0.2) is 0 Å². The first-order valence-corrected chi connectivity index (χ1v) is 8.88. The lowest BCUT2D eigenvalue weighted by Crippen LogP contribution is -2.35. The van der Waals surface area contributed by atoms with E-state index in [-0.39, 0.29) is 17.9 Å². The molecule has 2 N–H and O–H groups in total. The predicted octanol–water partition coefficient (Wildman–Crippen LogP) is 3.55. The van der Waals surface area contributed by atoms with Crippen LogP contribution in [0.1, 0.15) is 51.5 Å². The van der Waals surface area contributed by atoms with E-state index in [2.05, 4.69) is 10.6 Å². The van der Waals surface area contributed by atoms with E-state index < -0.39 is 0 Å². The number of carbonyl (C=O) groups is 2. The van der Waals surface area contributed by atoms with E-state index in [1.54, 1.807) is 0 Å². The highest BCUT2D eigenvalue weighted by Gasteiger charge is 2.18. The second-order valence-electron chi connectivity index (χ2n) is 6.76. The van der Waals surface area contributed by atoms with E-state index in [0.29, 0.717) is 6.42 Å². The Morgan fingerprint density at radius 3 is 2.46 bits per heavy atom. The molecule has 0 saturated carbocycles. The van der Waals surface area contributed by atoms with E-state index in [1.165, 1.54) is 19.8 Å². The Labute approximate surface area is 144 Å². The molecule has 2 rings (SSSR count). The smallest absolute Gasteiger partial charge is 0.224 e. The maximum atomic E-state index is 12.4. The van der Waals surface area contributed by atoms with Crippen LogP contribution in [0, 0.1) is 6.92 Å². The van der Waals surface area contributed by atoms with Crippen LogP contribution in [0.2, 0.25) is 0 Å². The normalized spacial score (nSPS) is 16.2. The average molecular weight is 331 g/mol. The van der Waals surface area contributed by atoms with Gasteiger partial charge in [-0.3, -0.25) is 9.59 Å². The predicted molar refractivity (Wildman–Crippen MR) is 98.2 cm³/mol. The van der Waals surface area contributed by atoms with E-state index in [9.17, 15) is 9.59 Å². The first kappa shape index (κ1) is 18.3. The molecule has 1 aliphatic rings. The van der Waals surface area contributed by atoms with Crippen molar-refractivity contribution in [1.29, 1.82) is 0 Å². The maximum Gasteiger partial charge on any atom is 0.224 e. The van der Waals surface area contributed by atoms with Gasteiger partial charge in [0, 0.05) is 43.9 Å². The van der Waals surface area contributed by atoms with Crippen LogP contribution in [-0.2, 0) is 9.59 Å². The molecule has 1 saturated heterocycles. The number of aryl methyl sites for hydroxylation is 1. The van der Waals surface area contributed by atoms with Crippen molar-refractivity contribution in [3.63, 3.8) is 0 Å². The molecular formula is C19H29N3O2.